The molecule has 1 saturated carbocycles. The van der Waals surface area contributed by atoms with E-state index in [4.69, 9.17) is 4.98 Å². The molecule has 0 bridgehead atoms. The van der Waals surface area contributed by atoms with Crippen LogP contribution in [0.1, 0.15) is 44.9 Å². The Morgan fingerprint density at radius 2 is 2.12 bits per heavy atom. The van der Waals surface area contributed by atoms with Crippen molar-refractivity contribution in [2.24, 2.45) is 5.41 Å². The topological polar surface area (TPSA) is 28.7 Å². The van der Waals surface area contributed by atoms with Crippen molar-refractivity contribution in [3.05, 3.63) is 30.1 Å². The van der Waals surface area contributed by atoms with Gasteiger partial charge in [-0.3, -0.25) is 0 Å². The average molecular weight is 214 g/mol. The van der Waals surface area contributed by atoms with Gasteiger partial charge in [-0.2, -0.15) is 0 Å². The van der Waals surface area contributed by atoms with Crippen molar-refractivity contribution in [1.82, 2.24) is 9.97 Å². The molecule has 0 spiro atoms. The van der Waals surface area contributed by atoms with E-state index in [1.165, 1.54) is 30.6 Å². The molecule has 1 aliphatic rings. The fourth-order valence-electron chi connectivity index (χ4n) is 2.97. The van der Waals surface area contributed by atoms with Gasteiger partial charge in [-0.1, -0.05) is 32.4 Å². The molecule has 2 nitrogen and oxygen atoms in total. The normalized spacial score (nSPS) is 24.0. The Balaban J connectivity index is 2.06. The zero-order chi connectivity index (χ0) is 11.2. The van der Waals surface area contributed by atoms with E-state index < -0.39 is 0 Å². The number of nitrogens with one attached hydrogen (secondary N) is 1. The van der Waals surface area contributed by atoms with Crippen LogP contribution >= 0.6 is 0 Å². The molecule has 2 heteroatoms. The summed E-state index contributed by atoms with van der Waals surface area (Å²) in [6.07, 6.45) is 3.91. The highest BCUT2D eigenvalue weighted by atomic mass is 14.9. The van der Waals surface area contributed by atoms with Gasteiger partial charge in [0.25, 0.3) is 0 Å². The maximum atomic E-state index is 4.73. The molecule has 1 unspecified atom stereocenters. The molecule has 0 radical (unpaired) electrons. The summed E-state index contributed by atoms with van der Waals surface area (Å²) in [5.74, 6) is 1.78. The van der Waals surface area contributed by atoms with E-state index >= 15 is 0 Å². The van der Waals surface area contributed by atoms with Gasteiger partial charge in [0.1, 0.15) is 5.82 Å². The average Bonchev–Trinajstić information content (AvgIpc) is 2.79. The van der Waals surface area contributed by atoms with Crippen LogP contribution in [0.5, 0.6) is 0 Å². The zero-order valence-corrected chi connectivity index (χ0v) is 9.96. The fourth-order valence-corrected chi connectivity index (χ4v) is 2.97. The molecule has 2 aromatic rings. The number of rotatable bonds is 1. The van der Waals surface area contributed by atoms with E-state index in [9.17, 15) is 0 Å². The predicted octanol–water partition coefficient (Wildman–Crippen LogP) is 3.86. The lowest BCUT2D eigenvalue weighted by Crippen LogP contribution is -2.16. The van der Waals surface area contributed by atoms with E-state index in [1.54, 1.807) is 0 Å². The first-order valence-electron chi connectivity index (χ1n) is 6.11. The van der Waals surface area contributed by atoms with Gasteiger partial charge in [0, 0.05) is 5.92 Å². The molecule has 1 aromatic heterocycles. The van der Waals surface area contributed by atoms with Crippen molar-refractivity contribution in [1.29, 1.82) is 0 Å². The maximum absolute atomic E-state index is 4.73. The summed E-state index contributed by atoms with van der Waals surface area (Å²) in [5, 5.41) is 0. The number of para-hydroxylation sites is 2. The second-order valence-electron chi connectivity index (χ2n) is 5.57. The third-order valence-electron chi connectivity index (χ3n) is 3.99. The number of fused-ring (bicyclic) bond motifs is 1. The number of hydrogen-bond donors (Lipinski definition) is 1. The number of imidazole rings is 1. The standard InChI is InChI=1S/C14H18N2/c1-14(2)9-5-6-10(14)13-15-11-7-3-4-8-12(11)16-13/h3-4,7-8,10H,5-6,9H2,1-2H3,(H,15,16). The van der Waals surface area contributed by atoms with Crippen molar-refractivity contribution < 1.29 is 0 Å². The second kappa shape index (κ2) is 3.34. The number of benzene rings is 1. The van der Waals surface area contributed by atoms with Crippen LogP contribution < -0.4 is 0 Å². The summed E-state index contributed by atoms with van der Waals surface area (Å²) < 4.78 is 0. The van der Waals surface area contributed by atoms with E-state index in [0.717, 1.165) is 5.52 Å². The lowest BCUT2D eigenvalue weighted by Gasteiger charge is -2.24. The fraction of sp³-hybridized carbons (Fsp3) is 0.500. The Bertz CT molecular complexity index is 477. The van der Waals surface area contributed by atoms with Gasteiger partial charge in [0.2, 0.25) is 0 Å². The number of hydrogen-bond acceptors (Lipinski definition) is 1. The lowest BCUT2D eigenvalue weighted by molar-refractivity contribution is 0.324. The number of nitrogens with zero attached hydrogens (tertiary/aromatic N) is 1. The smallest absolute Gasteiger partial charge is 0.110 e. The van der Waals surface area contributed by atoms with Gasteiger partial charge in [0.15, 0.2) is 0 Å². The summed E-state index contributed by atoms with van der Waals surface area (Å²) in [5.41, 5.74) is 2.66. The van der Waals surface area contributed by atoms with Crippen LogP contribution in [0.2, 0.25) is 0 Å². The first-order valence-corrected chi connectivity index (χ1v) is 6.11. The molecule has 0 saturated heterocycles. The van der Waals surface area contributed by atoms with Crippen molar-refractivity contribution in [3.63, 3.8) is 0 Å². The molecular weight excluding hydrogens is 196 g/mol. The quantitative estimate of drug-likeness (QED) is 0.767. The van der Waals surface area contributed by atoms with E-state index in [2.05, 4.69) is 37.0 Å². The summed E-state index contributed by atoms with van der Waals surface area (Å²) in [6.45, 7) is 4.72. The molecule has 1 aromatic carbocycles. The largest absolute Gasteiger partial charge is 0.342 e. The highest BCUT2D eigenvalue weighted by Gasteiger charge is 2.37. The minimum Gasteiger partial charge on any atom is -0.342 e. The number of aromatic amines is 1. The highest BCUT2D eigenvalue weighted by molar-refractivity contribution is 5.74. The molecule has 84 valence electrons. The Morgan fingerprint density at radius 3 is 2.81 bits per heavy atom. The van der Waals surface area contributed by atoms with Crippen LogP contribution in [0.3, 0.4) is 0 Å². The predicted molar refractivity (Wildman–Crippen MR) is 66.5 cm³/mol. The molecule has 1 atom stereocenters. The van der Waals surface area contributed by atoms with Gasteiger partial charge in [-0.15, -0.1) is 0 Å². The van der Waals surface area contributed by atoms with Crippen LogP contribution in [0, 0.1) is 5.41 Å². The molecule has 1 heterocycles. The summed E-state index contributed by atoms with van der Waals surface area (Å²) in [6, 6.07) is 8.29. The van der Waals surface area contributed by atoms with Gasteiger partial charge in [0.05, 0.1) is 11.0 Å². The minimum absolute atomic E-state index is 0.397. The minimum atomic E-state index is 0.397. The third kappa shape index (κ3) is 1.44. The second-order valence-corrected chi connectivity index (χ2v) is 5.57. The summed E-state index contributed by atoms with van der Waals surface area (Å²) in [4.78, 5) is 8.22. The molecular formula is C14H18N2. The summed E-state index contributed by atoms with van der Waals surface area (Å²) >= 11 is 0. The van der Waals surface area contributed by atoms with E-state index in [1.807, 2.05) is 6.07 Å². The third-order valence-corrected chi connectivity index (χ3v) is 3.99. The lowest BCUT2D eigenvalue weighted by atomic mass is 9.81. The number of H-pyrrole nitrogens is 1. The Hall–Kier alpha value is -1.31. The first-order chi connectivity index (χ1) is 7.67. The molecule has 1 N–H and O–H groups in total. The summed E-state index contributed by atoms with van der Waals surface area (Å²) in [7, 11) is 0. The molecule has 0 amide bonds. The van der Waals surface area contributed by atoms with Crippen LogP contribution in [-0.4, -0.2) is 9.97 Å². The SMILES string of the molecule is CC1(C)CCCC1c1nc2ccccc2[nH]1. The Morgan fingerprint density at radius 1 is 1.31 bits per heavy atom. The van der Waals surface area contributed by atoms with Crippen molar-refractivity contribution in [3.8, 4) is 0 Å². The van der Waals surface area contributed by atoms with Crippen LogP contribution in [0.4, 0.5) is 0 Å². The Labute approximate surface area is 96.1 Å². The molecule has 1 aliphatic carbocycles. The zero-order valence-electron chi connectivity index (χ0n) is 9.96. The van der Waals surface area contributed by atoms with Crippen molar-refractivity contribution >= 4 is 11.0 Å². The number of aromatic nitrogens is 2. The van der Waals surface area contributed by atoms with Crippen LogP contribution in [0.25, 0.3) is 11.0 Å². The van der Waals surface area contributed by atoms with Gasteiger partial charge in [-0.25, -0.2) is 4.98 Å². The molecule has 0 aliphatic heterocycles. The van der Waals surface area contributed by atoms with Crippen LogP contribution in [0.15, 0.2) is 24.3 Å². The van der Waals surface area contributed by atoms with Crippen LogP contribution in [-0.2, 0) is 0 Å². The maximum Gasteiger partial charge on any atom is 0.110 e. The molecule has 16 heavy (non-hydrogen) atoms. The van der Waals surface area contributed by atoms with E-state index in [0.29, 0.717) is 11.3 Å². The van der Waals surface area contributed by atoms with Gasteiger partial charge < -0.3 is 4.98 Å². The highest BCUT2D eigenvalue weighted by Crippen LogP contribution is 2.48. The first kappa shape index (κ1) is 9.88. The Kier molecular flexibility index (Phi) is 2.06. The van der Waals surface area contributed by atoms with Gasteiger partial charge in [-0.05, 0) is 30.4 Å². The molecule has 1 fully saturated rings. The van der Waals surface area contributed by atoms with Gasteiger partial charge >= 0.3 is 0 Å². The van der Waals surface area contributed by atoms with Crippen molar-refractivity contribution in [2.75, 3.05) is 0 Å². The molecule has 3 rings (SSSR count). The monoisotopic (exact) mass is 214 g/mol. The van der Waals surface area contributed by atoms with Crippen molar-refractivity contribution in [2.45, 2.75) is 39.0 Å². The van der Waals surface area contributed by atoms with E-state index in [-0.39, 0.29) is 0 Å².